The number of benzene rings is 1. The van der Waals surface area contributed by atoms with Gasteiger partial charge in [0.15, 0.2) is 11.5 Å². The summed E-state index contributed by atoms with van der Waals surface area (Å²) in [5.41, 5.74) is 7.49. The lowest BCUT2D eigenvalue weighted by Gasteiger charge is -2.27. The molecule has 1 aliphatic rings. The molecule has 138 valence electrons. The van der Waals surface area contributed by atoms with Gasteiger partial charge in [0.25, 0.3) is 0 Å². The third-order valence-electron chi connectivity index (χ3n) is 3.89. The molecule has 26 heavy (non-hydrogen) atoms. The number of nitrogens with two attached hydrogens (primary N) is 1. The number of hydrogen-bond acceptors (Lipinski definition) is 7. The van der Waals surface area contributed by atoms with Crippen molar-refractivity contribution in [3.05, 3.63) is 44.8 Å². The van der Waals surface area contributed by atoms with Gasteiger partial charge in [-0.3, -0.25) is 0 Å². The molecule has 0 saturated heterocycles. The minimum atomic E-state index is -0.615. The number of carbonyl (C=O) groups is 1. The molecule has 0 aliphatic carbocycles. The van der Waals surface area contributed by atoms with Crippen LogP contribution in [0.1, 0.15) is 32.3 Å². The average Bonchev–Trinajstić information content (AvgIpc) is 2.60. The smallest absolute Gasteiger partial charge is 0.335 e. The Morgan fingerprint density at radius 2 is 2.00 bits per heavy atom. The first kappa shape index (κ1) is 19.7. The standard InChI is InChI=1S/C19H22N2O4S/c1-10(2)25-14-7-6-12(8-15(14)23-4)17-13(9-20)18(21)26-11(3)16(17)19(22)24-5/h6-8,10,17H,21H2,1-5H3. The fourth-order valence-corrected chi connectivity index (χ4v) is 3.72. The topological polar surface area (TPSA) is 94.6 Å². The summed E-state index contributed by atoms with van der Waals surface area (Å²) in [6.07, 6.45) is -0.0150. The molecule has 0 radical (unpaired) electrons. The van der Waals surface area contributed by atoms with Crippen LogP contribution < -0.4 is 15.2 Å². The molecule has 1 aromatic carbocycles. The number of ether oxygens (including phenoxy) is 3. The zero-order valence-corrected chi connectivity index (χ0v) is 16.3. The molecule has 2 N–H and O–H groups in total. The van der Waals surface area contributed by atoms with Crippen molar-refractivity contribution in [1.29, 1.82) is 5.26 Å². The van der Waals surface area contributed by atoms with E-state index >= 15 is 0 Å². The Morgan fingerprint density at radius 1 is 1.31 bits per heavy atom. The highest BCUT2D eigenvalue weighted by Crippen LogP contribution is 2.46. The van der Waals surface area contributed by atoms with Crippen LogP contribution in [0, 0.1) is 11.3 Å². The molecular formula is C19H22N2O4S. The lowest BCUT2D eigenvalue weighted by molar-refractivity contribution is -0.136. The van der Waals surface area contributed by atoms with E-state index in [0.717, 1.165) is 0 Å². The van der Waals surface area contributed by atoms with E-state index in [1.165, 1.54) is 18.9 Å². The first-order valence-corrected chi connectivity index (χ1v) is 8.86. The monoisotopic (exact) mass is 374 g/mol. The van der Waals surface area contributed by atoms with Gasteiger partial charge in [0, 0.05) is 0 Å². The predicted molar refractivity (Wildman–Crippen MR) is 101 cm³/mol. The summed E-state index contributed by atoms with van der Waals surface area (Å²) in [5, 5.41) is 10.00. The van der Waals surface area contributed by atoms with Gasteiger partial charge >= 0.3 is 5.97 Å². The van der Waals surface area contributed by atoms with E-state index < -0.39 is 11.9 Å². The number of allylic oxidation sites excluding steroid dienone is 2. The number of thioether (sulfide) groups is 1. The van der Waals surface area contributed by atoms with Crippen molar-refractivity contribution in [2.24, 2.45) is 5.73 Å². The second-order valence-corrected chi connectivity index (χ2v) is 7.22. The van der Waals surface area contributed by atoms with Crippen LogP contribution in [-0.2, 0) is 9.53 Å². The third kappa shape index (κ3) is 3.81. The zero-order valence-electron chi connectivity index (χ0n) is 15.5. The largest absolute Gasteiger partial charge is 0.493 e. The number of methoxy groups -OCH3 is 2. The third-order valence-corrected chi connectivity index (χ3v) is 4.86. The van der Waals surface area contributed by atoms with Crippen LogP contribution in [0.3, 0.4) is 0 Å². The van der Waals surface area contributed by atoms with Crippen molar-refractivity contribution < 1.29 is 19.0 Å². The average molecular weight is 374 g/mol. The first-order chi connectivity index (χ1) is 12.3. The highest BCUT2D eigenvalue weighted by atomic mass is 32.2. The molecule has 0 fully saturated rings. The molecule has 0 spiro atoms. The lowest BCUT2D eigenvalue weighted by Crippen LogP contribution is -2.21. The fourth-order valence-electron chi connectivity index (χ4n) is 2.80. The van der Waals surface area contributed by atoms with Crippen molar-refractivity contribution in [2.75, 3.05) is 14.2 Å². The van der Waals surface area contributed by atoms with Crippen LogP contribution in [0.25, 0.3) is 0 Å². The number of nitriles is 1. The SMILES string of the molecule is COC(=O)C1=C(C)SC(N)=C(C#N)C1c1ccc(OC(C)C)c(OC)c1. The molecule has 2 rings (SSSR count). The van der Waals surface area contributed by atoms with Crippen LogP contribution in [0.5, 0.6) is 11.5 Å². The van der Waals surface area contributed by atoms with Crippen LogP contribution in [-0.4, -0.2) is 26.3 Å². The van der Waals surface area contributed by atoms with E-state index in [2.05, 4.69) is 6.07 Å². The van der Waals surface area contributed by atoms with E-state index in [9.17, 15) is 10.1 Å². The van der Waals surface area contributed by atoms with Gasteiger partial charge in [-0.2, -0.15) is 5.26 Å². The first-order valence-electron chi connectivity index (χ1n) is 8.05. The van der Waals surface area contributed by atoms with Crippen LogP contribution in [0.2, 0.25) is 0 Å². The molecule has 0 aromatic heterocycles. The Kier molecular flexibility index (Phi) is 6.22. The summed E-state index contributed by atoms with van der Waals surface area (Å²) in [6.45, 7) is 5.63. The normalized spacial score (nSPS) is 17.2. The highest BCUT2D eigenvalue weighted by Gasteiger charge is 2.35. The second kappa shape index (κ2) is 8.19. The number of carbonyl (C=O) groups excluding carboxylic acids is 1. The van der Waals surface area contributed by atoms with Crippen molar-refractivity contribution in [1.82, 2.24) is 0 Å². The molecule has 0 amide bonds. The van der Waals surface area contributed by atoms with Gasteiger partial charge in [-0.15, -0.1) is 0 Å². The highest BCUT2D eigenvalue weighted by molar-refractivity contribution is 8.06. The molecule has 6 nitrogen and oxygen atoms in total. The summed E-state index contributed by atoms with van der Waals surface area (Å²) < 4.78 is 16.1. The van der Waals surface area contributed by atoms with Gasteiger partial charge in [0.2, 0.25) is 0 Å². The molecule has 7 heteroatoms. The maximum Gasteiger partial charge on any atom is 0.335 e. The summed E-state index contributed by atoms with van der Waals surface area (Å²) in [4.78, 5) is 13.1. The van der Waals surface area contributed by atoms with E-state index in [1.807, 2.05) is 19.9 Å². The summed E-state index contributed by atoms with van der Waals surface area (Å²) in [6, 6.07) is 7.48. The van der Waals surface area contributed by atoms with Gasteiger partial charge < -0.3 is 19.9 Å². The number of nitrogens with zero attached hydrogens (tertiary/aromatic N) is 1. The van der Waals surface area contributed by atoms with Crippen molar-refractivity contribution in [2.45, 2.75) is 32.8 Å². The van der Waals surface area contributed by atoms with Crippen LogP contribution >= 0.6 is 11.8 Å². The summed E-state index contributed by atoms with van der Waals surface area (Å²) in [7, 11) is 2.86. The Balaban J connectivity index is 2.62. The summed E-state index contributed by atoms with van der Waals surface area (Å²) >= 11 is 1.20. The number of hydrogen-bond donors (Lipinski definition) is 1. The number of rotatable bonds is 5. The Hall–Kier alpha value is -2.59. The van der Waals surface area contributed by atoms with E-state index in [-0.39, 0.29) is 6.10 Å². The molecule has 0 bridgehead atoms. The molecule has 1 unspecified atom stereocenters. The van der Waals surface area contributed by atoms with Gasteiger partial charge in [-0.1, -0.05) is 17.8 Å². The van der Waals surface area contributed by atoms with Crippen LogP contribution in [0.4, 0.5) is 0 Å². The predicted octanol–water partition coefficient (Wildman–Crippen LogP) is 3.45. The lowest BCUT2D eigenvalue weighted by atomic mass is 9.84. The molecule has 1 atom stereocenters. The van der Waals surface area contributed by atoms with Gasteiger partial charge in [0.05, 0.1) is 48.5 Å². The van der Waals surface area contributed by atoms with Crippen molar-refractivity contribution >= 4 is 17.7 Å². The zero-order chi connectivity index (χ0) is 19.4. The number of esters is 1. The Morgan fingerprint density at radius 3 is 2.54 bits per heavy atom. The molecular weight excluding hydrogens is 352 g/mol. The molecule has 1 aromatic rings. The van der Waals surface area contributed by atoms with Crippen LogP contribution in [0.15, 0.2) is 39.3 Å². The Labute approximate surface area is 157 Å². The van der Waals surface area contributed by atoms with Gasteiger partial charge in [0.1, 0.15) is 0 Å². The van der Waals surface area contributed by atoms with E-state index in [1.54, 1.807) is 26.2 Å². The second-order valence-electron chi connectivity index (χ2n) is 5.96. The maximum absolute atomic E-state index is 12.4. The van der Waals surface area contributed by atoms with E-state index in [4.69, 9.17) is 19.9 Å². The van der Waals surface area contributed by atoms with Crippen molar-refractivity contribution in [3.63, 3.8) is 0 Å². The quantitative estimate of drug-likeness (QED) is 0.789. The molecule has 0 saturated carbocycles. The molecule has 1 aliphatic heterocycles. The maximum atomic E-state index is 12.4. The minimum Gasteiger partial charge on any atom is -0.493 e. The van der Waals surface area contributed by atoms with Gasteiger partial charge in [-0.05, 0) is 43.4 Å². The minimum absolute atomic E-state index is 0.0150. The fraction of sp³-hybridized carbons (Fsp3) is 0.368. The van der Waals surface area contributed by atoms with Crippen molar-refractivity contribution in [3.8, 4) is 17.6 Å². The molecule has 1 heterocycles. The van der Waals surface area contributed by atoms with E-state index in [0.29, 0.717) is 38.1 Å². The van der Waals surface area contributed by atoms with Gasteiger partial charge in [-0.25, -0.2) is 4.79 Å². The Bertz CT molecular complexity index is 821. The summed E-state index contributed by atoms with van der Waals surface area (Å²) in [5.74, 6) is 0.0109.